The topological polar surface area (TPSA) is 65.1 Å². The molecule has 1 saturated heterocycles. The van der Waals surface area contributed by atoms with E-state index in [9.17, 15) is 8.42 Å². The van der Waals surface area contributed by atoms with E-state index in [-0.39, 0.29) is 15.7 Å². The van der Waals surface area contributed by atoms with Gasteiger partial charge in [0.15, 0.2) is 11.5 Å². The predicted molar refractivity (Wildman–Crippen MR) is 94.5 cm³/mol. The molecule has 2 aliphatic rings. The number of hydrogen-bond donors (Lipinski definition) is 0. The zero-order valence-electron chi connectivity index (χ0n) is 15.5. The fourth-order valence-corrected chi connectivity index (χ4v) is 6.44. The lowest BCUT2D eigenvalue weighted by atomic mass is 9.48. The summed E-state index contributed by atoms with van der Waals surface area (Å²) in [6.07, 6.45) is 0.983. The Bertz CT molecular complexity index is 761. The molecule has 7 heteroatoms. The summed E-state index contributed by atoms with van der Waals surface area (Å²) in [6.45, 7) is 6.05. The highest BCUT2D eigenvalue weighted by Crippen LogP contribution is 2.63. The van der Waals surface area contributed by atoms with Crippen LogP contribution in [0.15, 0.2) is 23.1 Å². The number of methoxy groups -OCH3 is 3. The second-order valence-corrected chi connectivity index (χ2v) is 9.77. The molecule has 6 nitrogen and oxygen atoms in total. The number of sulfonamides is 1. The van der Waals surface area contributed by atoms with E-state index in [4.69, 9.17) is 14.2 Å². The largest absolute Gasteiger partial charge is 0.493 e. The van der Waals surface area contributed by atoms with E-state index >= 15 is 0 Å². The van der Waals surface area contributed by atoms with Crippen molar-refractivity contribution in [1.29, 1.82) is 0 Å². The van der Waals surface area contributed by atoms with Crippen LogP contribution < -0.4 is 9.47 Å². The second kappa shape index (κ2) is 6.14. The zero-order valence-corrected chi connectivity index (χ0v) is 16.4. The van der Waals surface area contributed by atoms with Crippen molar-refractivity contribution in [2.75, 3.05) is 41.0 Å². The van der Waals surface area contributed by atoms with Gasteiger partial charge in [-0.3, -0.25) is 0 Å². The van der Waals surface area contributed by atoms with Crippen molar-refractivity contribution in [2.45, 2.75) is 25.2 Å². The molecule has 1 aromatic carbocycles. The molecule has 0 spiro atoms. The minimum absolute atomic E-state index is 0.0676. The molecule has 1 aliphatic carbocycles. The maximum atomic E-state index is 13.2. The number of rotatable bonds is 6. The summed E-state index contributed by atoms with van der Waals surface area (Å²) >= 11 is 0. The Hall–Kier alpha value is -1.31. The van der Waals surface area contributed by atoms with Gasteiger partial charge in [0, 0.05) is 31.7 Å². The fraction of sp³-hybridized carbons (Fsp3) is 0.667. The van der Waals surface area contributed by atoms with Gasteiger partial charge in [-0.25, -0.2) is 8.42 Å². The Morgan fingerprint density at radius 3 is 2.40 bits per heavy atom. The lowest BCUT2D eigenvalue weighted by Crippen LogP contribution is -2.55. The maximum absolute atomic E-state index is 13.2. The Kier molecular flexibility index (Phi) is 4.54. The molecule has 0 radical (unpaired) electrons. The average molecular weight is 369 g/mol. The van der Waals surface area contributed by atoms with Crippen LogP contribution in [0.1, 0.15) is 20.3 Å². The van der Waals surface area contributed by atoms with E-state index in [2.05, 4.69) is 13.8 Å². The highest BCUT2D eigenvalue weighted by molar-refractivity contribution is 7.89. The van der Waals surface area contributed by atoms with Crippen LogP contribution in [0, 0.1) is 16.7 Å². The molecule has 0 amide bonds. The van der Waals surface area contributed by atoms with Crippen LogP contribution in [0.25, 0.3) is 0 Å². The molecule has 140 valence electrons. The van der Waals surface area contributed by atoms with Gasteiger partial charge < -0.3 is 14.2 Å². The van der Waals surface area contributed by atoms with Gasteiger partial charge in [0.25, 0.3) is 0 Å². The van der Waals surface area contributed by atoms with Gasteiger partial charge in [-0.2, -0.15) is 4.31 Å². The summed E-state index contributed by atoms with van der Waals surface area (Å²) in [6, 6.07) is 4.73. The molecule has 2 fully saturated rings. The van der Waals surface area contributed by atoms with Gasteiger partial charge in [0.05, 0.1) is 25.7 Å². The quantitative estimate of drug-likeness (QED) is 0.770. The molecule has 2 atom stereocenters. The Morgan fingerprint density at radius 1 is 1.16 bits per heavy atom. The van der Waals surface area contributed by atoms with E-state index in [1.807, 2.05) is 0 Å². The van der Waals surface area contributed by atoms with Crippen molar-refractivity contribution in [3.63, 3.8) is 0 Å². The van der Waals surface area contributed by atoms with Gasteiger partial charge in [-0.1, -0.05) is 13.8 Å². The third-order valence-electron chi connectivity index (χ3n) is 5.79. The van der Waals surface area contributed by atoms with Crippen LogP contribution in [-0.4, -0.2) is 53.7 Å². The minimum Gasteiger partial charge on any atom is -0.493 e. The summed E-state index contributed by atoms with van der Waals surface area (Å²) in [4.78, 5) is 0.233. The van der Waals surface area contributed by atoms with Crippen LogP contribution in [0.2, 0.25) is 0 Å². The number of fused-ring (bicyclic) bond motifs is 1. The first kappa shape index (κ1) is 18.5. The average Bonchev–Trinajstić information content (AvgIpc) is 2.89. The first-order chi connectivity index (χ1) is 11.7. The predicted octanol–water partition coefficient (Wildman–Crippen LogP) is 2.39. The van der Waals surface area contributed by atoms with Gasteiger partial charge in [0.1, 0.15) is 0 Å². The van der Waals surface area contributed by atoms with Crippen molar-refractivity contribution in [3.8, 4) is 11.5 Å². The van der Waals surface area contributed by atoms with Crippen LogP contribution in [0.3, 0.4) is 0 Å². The van der Waals surface area contributed by atoms with E-state index in [1.54, 1.807) is 23.5 Å². The van der Waals surface area contributed by atoms with Gasteiger partial charge >= 0.3 is 0 Å². The molecule has 0 bridgehead atoms. The normalized spacial score (nSPS) is 28.3. The van der Waals surface area contributed by atoms with Gasteiger partial charge in [-0.05, 0) is 29.9 Å². The Morgan fingerprint density at radius 2 is 1.84 bits per heavy atom. The number of nitrogens with zero attached hydrogens (tertiary/aromatic N) is 1. The zero-order chi connectivity index (χ0) is 18.5. The molecule has 3 rings (SSSR count). The molecule has 0 N–H and O–H groups in total. The molecule has 25 heavy (non-hydrogen) atoms. The van der Waals surface area contributed by atoms with E-state index in [1.165, 1.54) is 20.3 Å². The third kappa shape index (κ3) is 2.82. The van der Waals surface area contributed by atoms with E-state index in [0.717, 1.165) is 6.42 Å². The molecule has 1 aromatic rings. The fourth-order valence-electron chi connectivity index (χ4n) is 4.87. The molecule has 0 aromatic heterocycles. The third-order valence-corrected chi connectivity index (χ3v) is 7.60. The van der Waals surface area contributed by atoms with E-state index in [0.29, 0.717) is 37.1 Å². The Labute approximate surface area is 150 Å². The van der Waals surface area contributed by atoms with Crippen molar-refractivity contribution in [3.05, 3.63) is 18.2 Å². The maximum Gasteiger partial charge on any atom is 0.243 e. The SMILES string of the molecule is COC[C@@]12CN(S(=O)(=O)c3ccc(OC)c(OC)c3)C[C@@H]1C(C)(C)C2. The van der Waals surface area contributed by atoms with Crippen molar-refractivity contribution < 1.29 is 22.6 Å². The minimum atomic E-state index is -3.59. The second-order valence-electron chi connectivity index (χ2n) is 7.83. The first-order valence-corrected chi connectivity index (χ1v) is 9.85. The van der Waals surface area contributed by atoms with Crippen molar-refractivity contribution in [1.82, 2.24) is 4.31 Å². The highest BCUT2D eigenvalue weighted by Gasteiger charge is 2.64. The molecule has 1 aliphatic heterocycles. The van der Waals surface area contributed by atoms with Gasteiger partial charge in [0.2, 0.25) is 10.0 Å². The van der Waals surface area contributed by atoms with Crippen molar-refractivity contribution in [2.24, 2.45) is 16.7 Å². The van der Waals surface area contributed by atoms with Crippen LogP contribution in [-0.2, 0) is 14.8 Å². The lowest BCUT2D eigenvalue weighted by Gasteiger charge is -2.56. The van der Waals surface area contributed by atoms with Crippen LogP contribution in [0.4, 0.5) is 0 Å². The summed E-state index contributed by atoms with van der Waals surface area (Å²) in [7, 11) is 1.13. The highest BCUT2D eigenvalue weighted by atomic mass is 32.2. The lowest BCUT2D eigenvalue weighted by molar-refractivity contribution is -0.106. The van der Waals surface area contributed by atoms with Gasteiger partial charge in [-0.15, -0.1) is 0 Å². The Balaban J connectivity index is 1.91. The molecule has 1 saturated carbocycles. The number of benzene rings is 1. The molecule has 1 heterocycles. The van der Waals surface area contributed by atoms with Crippen molar-refractivity contribution >= 4 is 10.0 Å². The number of hydrogen-bond acceptors (Lipinski definition) is 5. The summed E-state index contributed by atoms with van der Waals surface area (Å²) < 4.78 is 43.8. The molecule has 0 unspecified atom stereocenters. The summed E-state index contributed by atoms with van der Waals surface area (Å²) in [5.74, 6) is 1.24. The molecular weight excluding hydrogens is 342 g/mol. The standard InChI is InChI=1S/C18H27NO5S/c1-17(2)10-18(12-22-3)11-19(9-16(17)18)25(20,21)13-6-7-14(23-4)15(8-13)24-5/h6-8,16H,9-12H2,1-5H3/t16-,18-/m1/s1. The van der Waals surface area contributed by atoms with Crippen LogP contribution in [0.5, 0.6) is 11.5 Å². The summed E-state index contributed by atoms with van der Waals surface area (Å²) in [5, 5.41) is 0. The van der Waals surface area contributed by atoms with E-state index < -0.39 is 10.0 Å². The monoisotopic (exact) mass is 369 g/mol. The first-order valence-electron chi connectivity index (χ1n) is 8.41. The summed E-state index contributed by atoms with van der Waals surface area (Å²) in [5.41, 5.74) is 0.0717. The molecular formula is C18H27NO5S. The smallest absolute Gasteiger partial charge is 0.243 e. The number of ether oxygens (including phenoxy) is 3. The van der Waals surface area contributed by atoms with Crippen LogP contribution >= 0.6 is 0 Å².